The number of hydrogen-bond donors (Lipinski definition) is 1. The third-order valence-electron chi connectivity index (χ3n) is 4.23. The zero-order valence-electron chi connectivity index (χ0n) is 15.6. The van der Waals surface area contributed by atoms with Gasteiger partial charge in [0.2, 0.25) is 11.8 Å². The molecule has 0 saturated carbocycles. The van der Waals surface area contributed by atoms with Crippen molar-refractivity contribution in [3.63, 3.8) is 0 Å². The van der Waals surface area contributed by atoms with Crippen LogP contribution >= 0.6 is 11.8 Å². The van der Waals surface area contributed by atoms with E-state index in [1.165, 1.54) is 0 Å². The maximum Gasteiger partial charge on any atom is 0.238 e. The van der Waals surface area contributed by atoms with E-state index in [4.69, 9.17) is 4.74 Å². The number of thioether (sulfide) groups is 1. The van der Waals surface area contributed by atoms with Crippen molar-refractivity contribution in [3.8, 4) is 5.75 Å². The maximum absolute atomic E-state index is 12.6. The lowest BCUT2D eigenvalue weighted by atomic mass is 10.1. The molecule has 27 heavy (non-hydrogen) atoms. The molecule has 2 amide bonds. The molecule has 0 bridgehead atoms. The Morgan fingerprint density at radius 3 is 2.81 bits per heavy atom. The van der Waals surface area contributed by atoms with E-state index < -0.39 is 0 Å². The summed E-state index contributed by atoms with van der Waals surface area (Å²) in [5, 5.41) is 2.78. The maximum atomic E-state index is 12.6. The van der Waals surface area contributed by atoms with E-state index >= 15 is 0 Å². The monoisotopic (exact) mass is 384 g/mol. The van der Waals surface area contributed by atoms with Crippen LogP contribution in [-0.2, 0) is 9.59 Å². The van der Waals surface area contributed by atoms with Gasteiger partial charge in [-0.25, -0.2) is 0 Å². The fourth-order valence-corrected chi connectivity index (χ4v) is 4.24. The van der Waals surface area contributed by atoms with Crippen LogP contribution in [0.25, 0.3) is 0 Å². The van der Waals surface area contributed by atoms with E-state index in [0.717, 1.165) is 23.4 Å². The molecular weight excluding hydrogens is 360 g/mol. The van der Waals surface area contributed by atoms with Gasteiger partial charge in [0.05, 0.1) is 18.0 Å². The predicted octanol–water partition coefficient (Wildman–Crippen LogP) is 4.60. The first-order valence-electron chi connectivity index (χ1n) is 9.19. The third-order valence-corrected chi connectivity index (χ3v) is 5.44. The quantitative estimate of drug-likeness (QED) is 0.758. The van der Waals surface area contributed by atoms with Crippen LogP contribution in [0.4, 0.5) is 11.4 Å². The summed E-state index contributed by atoms with van der Waals surface area (Å²) in [6.07, 6.45) is 1.30. The number of carbonyl (C=O) groups excluding carboxylic acids is 2. The van der Waals surface area contributed by atoms with Gasteiger partial charge >= 0.3 is 0 Å². The fourth-order valence-electron chi connectivity index (χ4n) is 3.09. The summed E-state index contributed by atoms with van der Waals surface area (Å²) in [5.74, 6) is 1.17. The highest BCUT2D eigenvalue weighted by Gasteiger charge is 2.35. The summed E-state index contributed by atoms with van der Waals surface area (Å²) in [7, 11) is 0. The molecule has 1 N–H and O–H groups in total. The van der Waals surface area contributed by atoms with Crippen molar-refractivity contribution >= 4 is 35.0 Å². The second-order valence-electron chi connectivity index (χ2n) is 6.25. The number of anilines is 2. The number of nitrogens with one attached hydrogen (secondary N) is 1. The van der Waals surface area contributed by atoms with Gasteiger partial charge in [-0.1, -0.05) is 31.2 Å². The highest BCUT2D eigenvalue weighted by Crippen LogP contribution is 2.45. The summed E-state index contributed by atoms with van der Waals surface area (Å²) in [4.78, 5) is 26.3. The first kappa shape index (κ1) is 19.3. The second-order valence-corrected chi connectivity index (χ2v) is 7.32. The van der Waals surface area contributed by atoms with Gasteiger partial charge in [0.25, 0.3) is 0 Å². The SMILES string of the molecule is CCCC(=O)Nc1cccc(C2SCC(=O)N2c2ccccc2OCC)c1. The molecule has 3 rings (SSSR count). The summed E-state index contributed by atoms with van der Waals surface area (Å²) in [6, 6.07) is 15.3. The lowest BCUT2D eigenvalue weighted by Gasteiger charge is -2.26. The number of rotatable bonds is 7. The van der Waals surface area contributed by atoms with Gasteiger partial charge < -0.3 is 10.1 Å². The minimum Gasteiger partial charge on any atom is -0.492 e. The van der Waals surface area contributed by atoms with Gasteiger partial charge in [0.15, 0.2) is 0 Å². The molecule has 6 heteroatoms. The Morgan fingerprint density at radius 2 is 2.04 bits per heavy atom. The first-order valence-corrected chi connectivity index (χ1v) is 10.2. The Kier molecular flexibility index (Phi) is 6.40. The molecule has 1 aliphatic rings. The number of ether oxygens (including phenoxy) is 1. The van der Waals surface area contributed by atoms with Crippen molar-refractivity contribution in [2.75, 3.05) is 22.6 Å². The van der Waals surface area contributed by atoms with Gasteiger partial charge in [-0.2, -0.15) is 0 Å². The Hall–Kier alpha value is -2.47. The first-order chi connectivity index (χ1) is 13.1. The van der Waals surface area contributed by atoms with Crippen LogP contribution in [-0.4, -0.2) is 24.2 Å². The molecule has 1 unspecified atom stereocenters. The smallest absolute Gasteiger partial charge is 0.238 e. The van der Waals surface area contributed by atoms with E-state index in [-0.39, 0.29) is 17.2 Å². The van der Waals surface area contributed by atoms with Crippen molar-refractivity contribution in [2.24, 2.45) is 0 Å². The molecule has 0 aromatic heterocycles. The Morgan fingerprint density at radius 1 is 1.22 bits per heavy atom. The normalized spacial score (nSPS) is 16.4. The highest BCUT2D eigenvalue weighted by atomic mass is 32.2. The molecule has 1 atom stereocenters. The van der Waals surface area contributed by atoms with Crippen molar-refractivity contribution < 1.29 is 14.3 Å². The average Bonchev–Trinajstić information content (AvgIpc) is 3.04. The molecule has 0 radical (unpaired) electrons. The van der Waals surface area contributed by atoms with Crippen molar-refractivity contribution in [3.05, 3.63) is 54.1 Å². The molecule has 0 spiro atoms. The summed E-state index contributed by atoms with van der Waals surface area (Å²) in [5.41, 5.74) is 2.51. The minimum absolute atomic E-state index is 0.00310. The number of para-hydroxylation sites is 2. The molecule has 1 aliphatic heterocycles. The van der Waals surface area contributed by atoms with Crippen LogP contribution in [0.2, 0.25) is 0 Å². The lowest BCUT2D eigenvalue weighted by molar-refractivity contribution is -0.116. The molecule has 1 heterocycles. The van der Waals surface area contributed by atoms with E-state index in [2.05, 4.69) is 5.32 Å². The lowest BCUT2D eigenvalue weighted by Crippen LogP contribution is -2.28. The van der Waals surface area contributed by atoms with Gasteiger partial charge in [-0.3, -0.25) is 14.5 Å². The van der Waals surface area contributed by atoms with E-state index in [0.29, 0.717) is 24.5 Å². The number of hydrogen-bond acceptors (Lipinski definition) is 4. The highest BCUT2D eigenvalue weighted by molar-refractivity contribution is 8.00. The standard InChI is InChI=1S/C21H24N2O3S/c1-3-8-19(24)22-16-10-7-9-15(13-16)21-23(20(25)14-27-21)17-11-5-6-12-18(17)26-4-2/h5-7,9-13,21H,3-4,8,14H2,1-2H3,(H,22,24). The Labute approximate surface area is 164 Å². The zero-order chi connectivity index (χ0) is 19.2. The number of nitrogens with zero attached hydrogens (tertiary/aromatic N) is 1. The molecular formula is C21H24N2O3S. The molecule has 142 valence electrons. The van der Waals surface area contributed by atoms with Crippen LogP contribution in [0.5, 0.6) is 5.75 Å². The van der Waals surface area contributed by atoms with E-state index in [9.17, 15) is 9.59 Å². The molecule has 2 aromatic carbocycles. The fraction of sp³-hybridized carbons (Fsp3) is 0.333. The van der Waals surface area contributed by atoms with Crippen molar-refractivity contribution in [2.45, 2.75) is 32.1 Å². The van der Waals surface area contributed by atoms with Crippen LogP contribution in [0, 0.1) is 0 Å². The average molecular weight is 385 g/mol. The van der Waals surface area contributed by atoms with Gasteiger partial charge in [0.1, 0.15) is 11.1 Å². The van der Waals surface area contributed by atoms with Crippen molar-refractivity contribution in [1.29, 1.82) is 0 Å². The molecule has 1 fully saturated rings. The van der Waals surface area contributed by atoms with Gasteiger partial charge in [-0.15, -0.1) is 11.8 Å². The summed E-state index contributed by atoms with van der Waals surface area (Å²) >= 11 is 1.58. The molecule has 2 aromatic rings. The largest absolute Gasteiger partial charge is 0.492 e. The van der Waals surface area contributed by atoms with Gasteiger partial charge in [0, 0.05) is 12.1 Å². The molecule has 0 aliphatic carbocycles. The predicted molar refractivity (Wildman–Crippen MR) is 110 cm³/mol. The Bertz CT molecular complexity index is 825. The number of benzene rings is 2. The number of carbonyl (C=O) groups is 2. The zero-order valence-corrected chi connectivity index (χ0v) is 16.4. The van der Waals surface area contributed by atoms with E-state index in [1.54, 1.807) is 16.7 Å². The topological polar surface area (TPSA) is 58.6 Å². The summed E-state index contributed by atoms with van der Waals surface area (Å²) < 4.78 is 5.73. The molecule has 1 saturated heterocycles. The summed E-state index contributed by atoms with van der Waals surface area (Å²) in [6.45, 7) is 4.44. The van der Waals surface area contributed by atoms with Crippen LogP contribution in [0.15, 0.2) is 48.5 Å². The number of amides is 2. The Balaban J connectivity index is 1.90. The van der Waals surface area contributed by atoms with Crippen LogP contribution in [0.1, 0.15) is 37.6 Å². The van der Waals surface area contributed by atoms with Crippen molar-refractivity contribution in [1.82, 2.24) is 0 Å². The van der Waals surface area contributed by atoms with Crippen LogP contribution in [0.3, 0.4) is 0 Å². The minimum atomic E-state index is -0.151. The molecule has 5 nitrogen and oxygen atoms in total. The van der Waals surface area contributed by atoms with E-state index in [1.807, 2.05) is 62.4 Å². The second kappa shape index (κ2) is 8.95. The third kappa shape index (κ3) is 4.45. The van der Waals surface area contributed by atoms with Crippen LogP contribution < -0.4 is 15.0 Å². The van der Waals surface area contributed by atoms with Gasteiger partial charge in [-0.05, 0) is 43.2 Å².